The molecule has 1 fully saturated rings. The van der Waals surface area contributed by atoms with E-state index >= 15 is 0 Å². The number of hydrogen-bond donors (Lipinski definition) is 1. The third kappa shape index (κ3) is 3.72. The van der Waals surface area contributed by atoms with E-state index in [0.717, 1.165) is 19.4 Å². The number of carboxylic acids is 1. The molecule has 2 unspecified atom stereocenters. The van der Waals surface area contributed by atoms with E-state index in [-0.39, 0.29) is 24.1 Å². The highest BCUT2D eigenvalue weighted by atomic mass is 19.1. The highest BCUT2D eigenvalue weighted by Crippen LogP contribution is 2.30. The normalized spacial score (nSPS) is 19.9. The molecule has 1 aliphatic heterocycles. The molecule has 0 bridgehead atoms. The molecule has 5 heteroatoms. The van der Waals surface area contributed by atoms with E-state index in [9.17, 15) is 9.18 Å². The SMILES string of the molecule is CC(CC(=O)O)C1CCCN(c2ccc(C#N)cc2F)C1. The summed E-state index contributed by atoms with van der Waals surface area (Å²) < 4.78 is 14.1. The van der Waals surface area contributed by atoms with Crippen LogP contribution in [-0.4, -0.2) is 24.2 Å². The average molecular weight is 290 g/mol. The van der Waals surface area contributed by atoms with Crippen LogP contribution < -0.4 is 4.90 Å². The number of hydrogen-bond acceptors (Lipinski definition) is 3. The molecule has 0 spiro atoms. The minimum atomic E-state index is -0.788. The van der Waals surface area contributed by atoms with Crippen molar-refractivity contribution in [2.24, 2.45) is 11.8 Å². The maximum atomic E-state index is 14.1. The van der Waals surface area contributed by atoms with Crippen molar-refractivity contribution < 1.29 is 14.3 Å². The highest BCUT2D eigenvalue weighted by molar-refractivity contribution is 5.67. The van der Waals surface area contributed by atoms with Gasteiger partial charge in [0.05, 0.1) is 17.3 Å². The Balaban J connectivity index is 2.11. The minimum Gasteiger partial charge on any atom is -0.481 e. The summed E-state index contributed by atoms with van der Waals surface area (Å²) in [4.78, 5) is 12.8. The van der Waals surface area contributed by atoms with Gasteiger partial charge in [0.25, 0.3) is 0 Å². The molecule has 0 radical (unpaired) electrons. The van der Waals surface area contributed by atoms with E-state index in [1.165, 1.54) is 6.07 Å². The van der Waals surface area contributed by atoms with E-state index in [4.69, 9.17) is 10.4 Å². The van der Waals surface area contributed by atoms with Crippen LogP contribution in [0.15, 0.2) is 18.2 Å². The van der Waals surface area contributed by atoms with Gasteiger partial charge in [-0.1, -0.05) is 6.92 Å². The number of piperidine rings is 1. The molecule has 0 amide bonds. The van der Waals surface area contributed by atoms with Gasteiger partial charge in [0.2, 0.25) is 0 Å². The second kappa shape index (κ2) is 6.57. The Bertz CT molecular complexity index is 568. The van der Waals surface area contributed by atoms with Gasteiger partial charge in [-0.05, 0) is 42.9 Å². The molecule has 1 aliphatic rings. The summed E-state index contributed by atoms with van der Waals surface area (Å²) in [6, 6.07) is 6.42. The second-order valence-corrected chi connectivity index (χ2v) is 5.70. The summed E-state index contributed by atoms with van der Waals surface area (Å²) in [6.45, 7) is 3.37. The summed E-state index contributed by atoms with van der Waals surface area (Å²) in [5, 5.41) is 17.7. The number of aliphatic carboxylic acids is 1. The number of nitrogens with zero attached hydrogens (tertiary/aromatic N) is 2. The first kappa shape index (κ1) is 15.3. The smallest absolute Gasteiger partial charge is 0.303 e. The number of anilines is 1. The van der Waals surface area contributed by atoms with Crippen molar-refractivity contribution in [2.45, 2.75) is 26.2 Å². The van der Waals surface area contributed by atoms with E-state index in [1.54, 1.807) is 12.1 Å². The Morgan fingerprint density at radius 1 is 1.62 bits per heavy atom. The zero-order valence-corrected chi connectivity index (χ0v) is 12.1. The highest BCUT2D eigenvalue weighted by Gasteiger charge is 2.27. The van der Waals surface area contributed by atoms with Crippen LogP contribution in [0, 0.1) is 29.0 Å². The molecule has 0 aromatic heterocycles. The molecular formula is C16H19FN2O2. The van der Waals surface area contributed by atoms with Crippen LogP contribution in [-0.2, 0) is 4.79 Å². The summed E-state index contributed by atoms with van der Waals surface area (Å²) in [7, 11) is 0. The molecule has 4 nitrogen and oxygen atoms in total. The largest absolute Gasteiger partial charge is 0.481 e. The van der Waals surface area contributed by atoms with Gasteiger partial charge in [0.15, 0.2) is 0 Å². The van der Waals surface area contributed by atoms with Crippen LogP contribution in [0.5, 0.6) is 0 Å². The topological polar surface area (TPSA) is 64.3 Å². The third-order valence-corrected chi connectivity index (χ3v) is 4.18. The molecule has 1 heterocycles. The van der Waals surface area contributed by atoms with Crippen molar-refractivity contribution >= 4 is 11.7 Å². The fourth-order valence-corrected chi connectivity index (χ4v) is 2.97. The summed E-state index contributed by atoms with van der Waals surface area (Å²) in [5.74, 6) is -0.846. The van der Waals surface area contributed by atoms with Gasteiger partial charge < -0.3 is 10.0 Å². The van der Waals surface area contributed by atoms with E-state index in [2.05, 4.69) is 0 Å². The molecule has 1 aromatic carbocycles. The second-order valence-electron chi connectivity index (χ2n) is 5.70. The van der Waals surface area contributed by atoms with Crippen molar-refractivity contribution in [2.75, 3.05) is 18.0 Å². The average Bonchev–Trinajstić information content (AvgIpc) is 2.46. The van der Waals surface area contributed by atoms with Crippen molar-refractivity contribution in [1.82, 2.24) is 0 Å². The lowest BCUT2D eigenvalue weighted by molar-refractivity contribution is -0.138. The van der Waals surface area contributed by atoms with Crippen LogP contribution in [0.25, 0.3) is 0 Å². The number of halogens is 1. The number of carboxylic acid groups (broad SMARTS) is 1. The third-order valence-electron chi connectivity index (χ3n) is 4.18. The van der Waals surface area contributed by atoms with Crippen molar-refractivity contribution in [3.05, 3.63) is 29.6 Å². The number of nitriles is 1. The predicted molar refractivity (Wildman–Crippen MR) is 77.5 cm³/mol. The molecule has 1 saturated heterocycles. The Morgan fingerprint density at radius 3 is 3.00 bits per heavy atom. The van der Waals surface area contributed by atoms with E-state index in [0.29, 0.717) is 17.8 Å². The fraction of sp³-hybridized carbons (Fsp3) is 0.500. The first-order valence-electron chi connectivity index (χ1n) is 7.17. The fourth-order valence-electron chi connectivity index (χ4n) is 2.97. The Labute approximate surface area is 123 Å². The minimum absolute atomic E-state index is 0.0757. The zero-order valence-electron chi connectivity index (χ0n) is 12.1. The Hall–Kier alpha value is -2.09. The van der Waals surface area contributed by atoms with Crippen LogP contribution in [0.1, 0.15) is 31.7 Å². The molecular weight excluding hydrogens is 271 g/mol. The molecule has 2 atom stereocenters. The zero-order chi connectivity index (χ0) is 15.4. The van der Waals surface area contributed by atoms with E-state index < -0.39 is 5.97 Å². The maximum absolute atomic E-state index is 14.1. The van der Waals surface area contributed by atoms with Crippen molar-refractivity contribution in [1.29, 1.82) is 5.26 Å². The quantitative estimate of drug-likeness (QED) is 0.925. The van der Waals surface area contributed by atoms with Crippen LogP contribution in [0.3, 0.4) is 0 Å². The molecule has 112 valence electrons. The first-order valence-corrected chi connectivity index (χ1v) is 7.17. The number of benzene rings is 1. The molecule has 2 rings (SSSR count). The Kier molecular flexibility index (Phi) is 4.79. The maximum Gasteiger partial charge on any atom is 0.303 e. The lowest BCUT2D eigenvalue weighted by atomic mass is 9.84. The van der Waals surface area contributed by atoms with Crippen LogP contribution in [0.2, 0.25) is 0 Å². The molecule has 1 aromatic rings. The monoisotopic (exact) mass is 290 g/mol. The molecule has 0 saturated carbocycles. The number of carbonyl (C=O) groups is 1. The van der Waals surface area contributed by atoms with Crippen molar-refractivity contribution in [3.8, 4) is 6.07 Å². The molecule has 1 N–H and O–H groups in total. The van der Waals surface area contributed by atoms with Gasteiger partial charge in [-0.2, -0.15) is 5.26 Å². The lowest BCUT2D eigenvalue weighted by Crippen LogP contribution is -2.38. The first-order chi connectivity index (χ1) is 10.0. The van der Waals surface area contributed by atoms with Crippen LogP contribution in [0.4, 0.5) is 10.1 Å². The summed E-state index contributed by atoms with van der Waals surface area (Å²) in [6.07, 6.45) is 2.05. The predicted octanol–water partition coefficient (Wildman–Crippen LogP) is 3.02. The van der Waals surface area contributed by atoms with Gasteiger partial charge in [-0.3, -0.25) is 4.79 Å². The lowest BCUT2D eigenvalue weighted by Gasteiger charge is -2.37. The summed E-state index contributed by atoms with van der Waals surface area (Å²) >= 11 is 0. The van der Waals surface area contributed by atoms with Gasteiger partial charge in [0.1, 0.15) is 5.82 Å². The van der Waals surface area contributed by atoms with E-state index in [1.807, 2.05) is 17.9 Å². The van der Waals surface area contributed by atoms with Crippen molar-refractivity contribution in [3.63, 3.8) is 0 Å². The van der Waals surface area contributed by atoms with Crippen LogP contribution >= 0.6 is 0 Å². The standard InChI is InChI=1S/C16H19FN2O2/c1-11(7-16(20)21)13-3-2-6-19(10-13)15-5-4-12(9-18)8-14(15)17/h4-5,8,11,13H,2-3,6-7,10H2,1H3,(H,20,21). The van der Waals surface area contributed by atoms with Gasteiger partial charge in [-0.15, -0.1) is 0 Å². The molecule has 0 aliphatic carbocycles. The molecule has 21 heavy (non-hydrogen) atoms. The van der Waals surface area contributed by atoms with Gasteiger partial charge in [-0.25, -0.2) is 4.39 Å². The van der Waals surface area contributed by atoms with Gasteiger partial charge in [0, 0.05) is 19.5 Å². The number of rotatable bonds is 4. The summed E-state index contributed by atoms with van der Waals surface area (Å²) in [5.41, 5.74) is 0.810. The Morgan fingerprint density at radius 2 is 2.38 bits per heavy atom. The van der Waals surface area contributed by atoms with Gasteiger partial charge >= 0.3 is 5.97 Å².